The predicted octanol–water partition coefficient (Wildman–Crippen LogP) is 1.83. The summed E-state index contributed by atoms with van der Waals surface area (Å²) in [5, 5.41) is 20.5. The van der Waals surface area contributed by atoms with Crippen molar-refractivity contribution in [2.45, 2.75) is 12.5 Å². The third-order valence-electron chi connectivity index (χ3n) is 4.69. The molecule has 2 aromatic rings. The van der Waals surface area contributed by atoms with Gasteiger partial charge in [-0.05, 0) is 30.7 Å². The average molecular weight is 284 g/mol. The first kappa shape index (κ1) is 12.5. The van der Waals surface area contributed by atoms with Gasteiger partial charge in [-0.2, -0.15) is 0 Å². The van der Waals surface area contributed by atoms with Crippen molar-refractivity contribution in [1.29, 1.82) is 0 Å². The maximum atomic E-state index is 11.3. The minimum absolute atomic E-state index is 0.125. The summed E-state index contributed by atoms with van der Waals surface area (Å²) in [6.45, 7) is 0.500. The minimum atomic E-state index is -0.789. The number of rotatable bonds is 1. The fourth-order valence-electron chi connectivity index (χ4n) is 3.68. The Labute approximate surface area is 121 Å². The van der Waals surface area contributed by atoms with Crippen molar-refractivity contribution in [3.8, 4) is 5.88 Å². The monoisotopic (exact) mass is 284 g/mol. The predicted molar refractivity (Wildman–Crippen MR) is 79.2 cm³/mol. The molecule has 2 heterocycles. The highest BCUT2D eigenvalue weighted by Gasteiger charge is 2.36. The number of aliphatic carboxylic acids is 1. The lowest BCUT2D eigenvalue weighted by Gasteiger charge is -2.38. The number of aromatic amines is 1. The van der Waals surface area contributed by atoms with Gasteiger partial charge in [-0.1, -0.05) is 18.2 Å². The van der Waals surface area contributed by atoms with E-state index in [2.05, 4.69) is 9.88 Å². The molecule has 3 N–H and O–H groups in total. The Morgan fingerprint density at radius 1 is 1.43 bits per heavy atom. The van der Waals surface area contributed by atoms with Crippen LogP contribution >= 0.6 is 0 Å². The Hall–Kier alpha value is -2.27. The smallest absolute Gasteiger partial charge is 0.311 e. The first-order chi connectivity index (χ1) is 10.1. The van der Waals surface area contributed by atoms with Gasteiger partial charge in [0.15, 0.2) is 5.88 Å². The van der Waals surface area contributed by atoms with Crippen LogP contribution in [0.4, 0.5) is 0 Å². The Morgan fingerprint density at radius 2 is 2.24 bits per heavy atom. The maximum absolute atomic E-state index is 11.3. The van der Waals surface area contributed by atoms with Crippen molar-refractivity contribution in [3.63, 3.8) is 0 Å². The maximum Gasteiger partial charge on any atom is 0.311 e. The quantitative estimate of drug-likeness (QED) is 0.746. The van der Waals surface area contributed by atoms with Crippen LogP contribution in [0.3, 0.4) is 0 Å². The van der Waals surface area contributed by atoms with Gasteiger partial charge in [0, 0.05) is 29.1 Å². The summed E-state index contributed by atoms with van der Waals surface area (Å²) in [6, 6.07) is 6.00. The van der Waals surface area contributed by atoms with Crippen molar-refractivity contribution in [3.05, 3.63) is 35.4 Å². The number of likely N-dealkylation sites (N-methyl/N-ethyl adjacent to an activating group) is 1. The van der Waals surface area contributed by atoms with E-state index in [9.17, 15) is 15.0 Å². The molecule has 0 saturated heterocycles. The molecule has 0 radical (unpaired) electrons. The summed E-state index contributed by atoms with van der Waals surface area (Å²) >= 11 is 0. The highest BCUT2D eigenvalue weighted by atomic mass is 16.4. The summed E-state index contributed by atoms with van der Waals surface area (Å²) in [6.07, 6.45) is 2.59. The van der Waals surface area contributed by atoms with Gasteiger partial charge < -0.3 is 15.2 Å². The molecule has 0 spiro atoms. The summed E-state index contributed by atoms with van der Waals surface area (Å²) < 4.78 is 0. The zero-order valence-corrected chi connectivity index (χ0v) is 11.6. The average Bonchev–Trinajstić information content (AvgIpc) is 2.77. The number of hydrogen-bond acceptors (Lipinski definition) is 3. The summed E-state index contributed by atoms with van der Waals surface area (Å²) in [5.41, 5.74) is 3.93. The number of nitrogens with zero attached hydrogens (tertiary/aromatic N) is 1. The van der Waals surface area contributed by atoms with Crippen LogP contribution in [0.5, 0.6) is 5.88 Å². The van der Waals surface area contributed by atoms with Crippen LogP contribution in [0.2, 0.25) is 0 Å². The molecule has 0 bridgehead atoms. The molecule has 2 atom stereocenters. The zero-order chi connectivity index (χ0) is 14.7. The van der Waals surface area contributed by atoms with Gasteiger partial charge in [-0.25, -0.2) is 0 Å². The fourth-order valence-corrected chi connectivity index (χ4v) is 3.68. The van der Waals surface area contributed by atoms with Crippen LogP contribution in [0.15, 0.2) is 24.3 Å². The van der Waals surface area contributed by atoms with E-state index in [1.165, 1.54) is 0 Å². The van der Waals surface area contributed by atoms with Gasteiger partial charge >= 0.3 is 5.97 Å². The first-order valence-corrected chi connectivity index (χ1v) is 7.04. The third-order valence-corrected chi connectivity index (χ3v) is 4.69. The number of carboxylic acids is 1. The summed E-state index contributed by atoms with van der Waals surface area (Å²) in [7, 11) is 1.95. The second-order valence-corrected chi connectivity index (χ2v) is 5.91. The van der Waals surface area contributed by atoms with E-state index in [1.807, 2.05) is 31.3 Å². The number of benzene rings is 1. The van der Waals surface area contributed by atoms with Crippen LogP contribution in [0, 0.1) is 5.92 Å². The van der Waals surface area contributed by atoms with E-state index in [0.717, 1.165) is 27.6 Å². The highest BCUT2D eigenvalue weighted by Crippen LogP contribution is 2.43. The van der Waals surface area contributed by atoms with Crippen LogP contribution in [0.1, 0.15) is 11.1 Å². The molecular weight excluding hydrogens is 268 g/mol. The number of fused-ring (bicyclic) bond motifs is 2. The fraction of sp³-hybridized carbons (Fsp3) is 0.312. The second-order valence-electron chi connectivity index (χ2n) is 5.91. The second kappa shape index (κ2) is 4.11. The number of carboxylic acid groups (broad SMARTS) is 1. The Bertz CT molecular complexity index is 790. The van der Waals surface area contributed by atoms with Crippen molar-refractivity contribution < 1.29 is 15.0 Å². The molecule has 1 unspecified atom stereocenters. The van der Waals surface area contributed by atoms with Crippen molar-refractivity contribution in [1.82, 2.24) is 9.88 Å². The zero-order valence-electron chi connectivity index (χ0n) is 11.6. The molecule has 21 heavy (non-hydrogen) atoms. The number of carbonyl (C=O) groups is 1. The molecule has 108 valence electrons. The number of hydrogen-bond donors (Lipinski definition) is 3. The third kappa shape index (κ3) is 1.64. The van der Waals surface area contributed by atoms with Gasteiger partial charge in [0.05, 0.1) is 5.92 Å². The summed E-state index contributed by atoms with van der Waals surface area (Å²) in [5.74, 6) is -1.04. The Kier molecular flexibility index (Phi) is 2.44. The van der Waals surface area contributed by atoms with Crippen molar-refractivity contribution in [2.24, 2.45) is 5.92 Å². The van der Waals surface area contributed by atoms with Gasteiger partial charge in [0.2, 0.25) is 0 Å². The van der Waals surface area contributed by atoms with E-state index < -0.39 is 11.9 Å². The normalized spacial score (nSPS) is 24.7. The SMILES string of the molecule is CN1CC(C(=O)O)C=C2c3cccc4[nH]c(O)c(c34)C[C@H]21. The van der Waals surface area contributed by atoms with Crippen LogP contribution in [-0.2, 0) is 11.2 Å². The number of nitrogens with one attached hydrogen (secondary N) is 1. The topological polar surface area (TPSA) is 76.6 Å². The molecule has 0 fully saturated rings. The Balaban J connectivity index is 1.99. The van der Waals surface area contributed by atoms with Gasteiger partial charge in [0.25, 0.3) is 0 Å². The molecule has 1 aromatic carbocycles. The van der Waals surface area contributed by atoms with E-state index >= 15 is 0 Å². The number of aromatic nitrogens is 1. The lowest BCUT2D eigenvalue weighted by atomic mass is 9.80. The molecule has 5 nitrogen and oxygen atoms in total. The number of H-pyrrole nitrogens is 1. The van der Waals surface area contributed by atoms with Crippen LogP contribution < -0.4 is 0 Å². The molecule has 2 aliphatic rings. The standard InChI is InChI=1S/C16H16N2O3/c1-18-7-8(16(20)21)5-10-9-3-2-4-12-14(9)11(6-13(10)18)15(19)17-12/h2-5,8,13,17,19H,6-7H2,1H3,(H,20,21)/t8?,13-/m1/s1. The molecule has 0 saturated carbocycles. The largest absolute Gasteiger partial charge is 0.494 e. The molecule has 1 aromatic heterocycles. The highest BCUT2D eigenvalue weighted by molar-refractivity contribution is 6.00. The van der Waals surface area contributed by atoms with Crippen LogP contribution in [0.25, 0.3) is 16.5 Å². The molecule has 0 amide bonds. The van der Waals surface area contributed by atoms with Crippen molar-refractivity contribution in [2.75, 3.05) is 13.6 Å². The van der Waals surface area contributed by atoms with E-state index in [4.69, 9.17) is 0 Å². The molecule has 1 aliphatic carbocycles. The van der Waals surface area contributed by atoms with Gasteiger partial charge in [-0.3, -0.25) is 9.69 Å². The van der Waals surface area contributed by atoms with E-state index in [0.29, 0.717) is 13.0 Å². The number of aromatic hydroxyl groups is 1. The molecule has 5 heteroatoms. The summed E-state index contributed by atoms with van der Waals surface area (Å²) in [4.78, 5) is 16.4. The van der Waals surface area contributed by atoms with E-state index in [1.54, 1.807) is 0 Å². The van der Waals surface area contributed by atoms with Gasteiger partial charge in [0.1, 0.15) is 0 Å². The van der Waals surface area contributed by atoms with Gasteiger partial charge in [-0.15, -0.1) is 0 Å². The molecule has 4 rings (SSSR count). The van der Waals surface area contributed by atoms with Crippen LogP contribution in [-0.4, -0.2) is 45.7 Å². The lowest BCUT2D eigenvalue weighted by Crippen LogP contribution is -2.44. The molecule has 1 aliphatic heterocycles. The van der Waals surface area contributed by atoms with E-state index in [-0.39, 0.29) is 11.9 Å². The Morgan fingerprint density at radius 3 is 3.00 bits per heavy atom. The van der Waals surface area contributed by atoms with Crippen molar-refractivity contribution >= 4 is 22.4 Å². The lowest BCUT2D eigenvalue weighted by molar-refractivity contribution is -0.140. The first-order valence-electron chi connectivity index (χ1n) is 7.04. The molecular formula is C16H16N2O3. The minimum Gasteiger partial charge on any atom is -0.494 e.